The number of nitrogens with one attached hydrogen (secondary N) is 1. The molecule has 0 aromatic heterocycles. The van der Waals surface area contributed by atoms with Crippen LogP contribution in [0.25, 0.3) is 0 Å². The lowest BCUT2D eigenvalue weighted by atomic mass is 9.95. The van der Waals surface area contributed by atoms with Gasteiger partial charge in [-0.15, -0.1) is 0 Å². The van der Waals surface area contributed by atoms with Crippen LogP contribution < -0.4 is 5.32 Å². The molecule has 0 saturated heterocycles. The Hall–Kier alpha value is -0.340. The van der Waals surface area contributed by atoms with Crippen LogP contribution in [-0.4, -0.2) is 25.8 Å². The van der Waals surface area contributed by atoms with Gasteiger partial charge in [-0.05, 0) is 12.8 Å². The topological polar surface area (TPSA) is 21.3 Å². The summed E-state index contributed by atoms with van der Waals surface area (Å²) >= 11 is 0. The molecule has 0 bridgehead atoms. The van der Waals surface area contributed by atoms with Crippen LogP contribution in [0.2, 0.25) is 0 Å². The first kappa shape index (κ1) is 8.75. The van der Waals surface area contributed by atoms with Crippen molar-refractivity contribution in [2.24, 2.45) is 5.92 Å². The summed E-state index contributed by atoms with van der Waals surface area (Å²) in [5.74, 6) is 0.653. The largest absolute Gasteiger partial charge is 0.382 e. The smallest absolute Gasteiger partial charge is 0.0677 e. The normalized spacial score (nSPS) is 37.5. The summed E-state index contributed by atoms with van der Waals surface area (Å²) in [7, 11) is 1.73. The van der Waals surface area contributed by atoms with Gasteiger partial charge in [-0.3, -0.25) is 0 Å². The Labute approximate surface area is 68.6 Å². The van der Waals surface area contributed by atoms with E-state index in [-0.39, 0.29) is 5.54 Å². The minimum Gasteiger partial charge on any atom is -0.382 e. The highest BCUT2D eigenvalue weighted by molar-refractivity contribution is 5.09. The van der Waals surface area contributed by atoms with Crippen LogP contribution in [0.15, 0.2) is 12.2 Å². The third-order valence-corrected chi connectivity index (χ3v) is 2.06. The summed E-state index contributed by atoms with van der Waals surface area (Å²) in [4.78, 5) is 0. The van der Waals surface area contributed by atoms with Crippen molar-refractivity contribution in [3.8, 4) is 0 Å². The molecule has 2 nitrogen and oxygen atoms in total. The van der Waals surface area contributed by atoms with Crippen molar-refractivity contribution in [1.82, 2.24) is 5.32 Å². The van der Waals surface area contributed by atoms with Crippen molar-refractivity contribution in [3.63, 3.8) is 0 Å². The standard InChI is InChI=1S/C9H17NO/c1-8-4-5-9(2,7-11-3)10-6-8/h4-5,8,10H,6-7H2,1-3H3. The lowest BCUT2D eigenvalue weighted by Crippen LogP contribution is -2.48. The number of methoxy groups -OCH3 is 1. The fourth-order valence-electron chi connectivity index (χ4n) is 1.30. The predicted molar refractivity (Wildman–Crippen MR) is 46.6 cm³/mol. The second kappa shape index (κ2) is 3.37. The molecule has 0 aliphatic carbocycles. The molecule has 0 aromatic carbocycles. The van der Waals surface area contributed by atoms with Crippen LogP contribution in [0.4, 0.5) is 0 Å². The van der Waals surface area contributed by atoms with Gasteiger partial charge < -0.3 is 10.1 Å². The van der Waals surface area contributed by atoms with E-state index in [1.54, 1.807) is 7.11 Å². The van der Waals surface area contributed by atoms with Gasteiger partial charge in [0.05, 0.1) is 12.1 Å². The SMILES string of the molecule is COCC1(C)C=CC(C)CN1. The molecule has 1 heterocycles. The number of rotatable bonds is 2. The lowest BCUT2D eigenvalue weighted by molar-refractivity contribution is 0.137. The summed E-state index contributed by atoms with van der Waals surface area (Å²) in [5.41, 5.74) is 0.0568. The number of ether oxygens (including phenoxy) is 1. The van der Waals surface area contributed by atoms with E-state index in [9.17, 15) is 0 Å². The van der Waals surface area contributed by atoms with Gasteiger partial charge in [-0.2, -0.15) is 0 Å². The minimum absolute atomic E-state index is 0.0568. The maximum absolute atomic E-state index is 5.11. The Bertz CT molecular complexity index is 156. The zero-order valence-electron chi connectivity index (χ0n) is 7.55. The van der Waals surface area contributed by atoms with Crippen LogP contribution >= 0.6 is 0 Å². The van der Waals surface area contributed by atoms with Crippen molar-refractivity contribution < 1.29 is 4.74 Å². The molecule has 64 valence electrons. The molecule has 2 atom stereocenters. The fraction of sp³-hybridized carbons (Fsp3) is 0.778. The van der Waals surface area contributed by atoms with Crippen LogP contribution in [-0.2, 0) is 4.74 Å². The Balaban J connectivity index is 2.53. The van der Waals surface area contributed by atoms with E-state index in [1.165, 1.54) is 0 Å². The number of hydrogen-bond donors (Lipinski definition) is 1. The molecule has 0 spiro atoms. The van der Waals surface area contributed by atoms with Crippen LogP contribution in [0.1, 0.15) is 13.8 Å². The van der Waals surface area contributed by atoms with Gasteiger partial charge in [0, 0.05) is 13.7 Å². The Morgan fingerprint density at radius 2 is 2.45 bits per heavy atom. The molecule has 1 N–H and O–H groups in total. The van der Waals surface area contributed by atoms with Gasteiger partial charge in [-0.25, -0.2) is 0 Å². The molecule has 0 fully saturated rings. The molecular formula is C9H17NO. The highest BCUT2D eigenvalue weighted by Gasteiger charge is 2.23. The monoisotopic (exact) mass is 155 g/mol. The van der Waals surface area contributed by atoms with Crippen molar-refractivity contribution in [2.75, 3.05) is 20.3 Å². The van der Waals surface area contributed by atoms with Crippen LogP contribution in [0, 0.1) is 5.92 Å². The van der Waals surface area contributed by atoms with E-state index in [0.29, 0.717) is 5.92 Å². The summed E-state index contributed by atoms with van der Waals surface area (Å²) < 4.78 is 5.11. The summed E-state index contributed by atoms with van der Waals surface area (Å²) in [5, 5.41) is 3.43. The summed E-state index contributed by atoms with van der Waals surface area (Å²) in [6.07, 6.45) is 4.44. The molecule has 0 amide bonds. The quantitative estimate of drug-likeness (QED) is 0.605. The summed E-state index contributed by atoms with van der Waals surface area (Å²) in [6, 6.07) is 0. The zero-order valence-corrected chi connectivity index (χ0v) is 7.55. The fourth-order valence-corrected chi connectivity index (χ4v) is 1.30. The van der Waals surface area contributed by atoms with Gasteiger partial charge in [0.15, 0.2) is 0 Å². The predicted octanol–water partition coefficient (Wildman–Crippen LogP) is 1.19. The molecule has 1 rings (SSSR count). The maximum atomic E-state index is 5.11. The highest BCUT2D eigenvalue weighted by atomic mass is 16.5. The average molecular weight is 155 g/mol. The third-order valence-electron chi connectivity index (χ3n) is 2.06. The first-order chi connectivity index (χ1) is 5.16. The zero-order chi connectivity index (χ0) is 8.32. The van der Waals surface area contributed by atoms with Crippen LogP contribution in [0.5, 0.6) is 0 Å². The summed E-state index contributed by atoms with van der Waals surface area (Å²) in [6.45, 7) is 6.15. The highest BCUT2D eigenvalue weighted by Crippen LogP contribution is 2.14. The van der Waals surface area contributed by atoms with Gasteiger partial charge >= 0.3 is 0 Å². The Morgan fingerprint density at radius 1 is 1.73 bits per heavy atom. The maximum Gasteiger partial charge on any atom is 0.0677 e. The van der Waals surface area contributed by atoms with E-state index in [4.69, 9.17) is 4.74 Å². The average Bonchev–Trinajstić information content (AvgIpc) is 1.97. The molecule has 2 unspecified atom stereocenters. The van der Waals surface area contributed by atoms with Gasteiger partial charge in [0.25, 0.3) is 0 Å². The molecule has 11 heavy (non-hydrogen) atoms. The van der Waals surface area contributed by atoms with Gasteiger partial charge in [-0.1, -0.05) is 19.1 Å². The van der Waals surface area contributed by atoms with Crippen molar-refractivity contribution in [1.29, 1.82) is 0 Å². The second-order valence-electron chi connectivity index (χ2n) is 3.57. The Morgan fingerprint density at radius 3 is 2.91 bits per heavy atom. The lowest BCUT2D eigenvalue weighted by Gasteiger charge is -2.31. The van der Waals surface area contributed by atoms with Crippen molar-refractivity contribution in [3.05, 3.63) is 12.2 Å². The molecule has 1 aliphatic rings. The second-order valence-corrected chi connectivity index (χ2v) is 3.57. The molecule has 0 radical (unpaired) electrons. The van der Waals surface area contributed by atoms with E-state index in [0.717, 1.165) is 13.2 Å². The molecular weight excluding hydrogens is 138 g/mol. The molecule has 0 saturated carbocycles. The van der Waals surface area contributed by atoms with E-state index in [1.807, 2.05) is 0 Å². The minimum atomic E-state index is 0.0568. The van der Waals surface area contributed by atoms with Crippen LogP contribution in [0.3, 0.4) is 0 Å². The van der Waals surface area contributed by atoms with Crippen molar-refractivity contribution >= 4 is 0 Å². The first-order valence-corrected chi connectivity index (χ1v) is 4.09. The van der Waals surface area contributed by atoms with E-state index < -0.39 is 0 Å². The molecule has 1 aliphatic heterocycles. The molecule has 0 aromatic rings. The number of hydrogen-bond acceptors (Lipinski definition) is 2. The molecule has 2 heteroatoms. The van der Waals surface area contributed by atoms with E-state index in [2.05, 4.69) is 31.3 Å². The van der Waals surface area contributed by atoms with E-state index >= 15 is 0 Å². The van der Waals surface area contributed by atoms with Gasteiger partial charge in [0.2, 0.25) is 0 Å². The van der Waals surface area contributed by atoms with Gasteiger partial charge in [0.1, 0.15) is 0 Å². The van der Waals surface area contributed by atoms with Crippen molar-refractivity contribution in [2.45, 2.75) is 19.4 Å². The first-order valence-electron chi connectivity index (χ1n) is 4.09. The third kappa shape index (κ3) is 2.31. The Kier molecular flexibility index (Phi) is 2.68.